The molecule has 0 unspecified atom stereocenters. The standard InChI is InChI=1S/C26H36O6/c1-4-16-13-22-21-7-5-17-12-18(28)6-8-19(17)20(21)9-10-26(22,3)25(16)32-24(30)14-31-23(29)11-15(2)27/h12,16,19-22,25H,4-11,13-14H2,1-3H3/t16-,19-,20+,21+,22-,25-,26-/m0/s1. The summed E-state index contributed by atoms with van der Waals surface area (Å²) in [6, 6.07) is 0. The largest absolute Gasteiger partial charge is 0.459 e. The van der Waals surface area contributed by atoms with Gasteiger partial charge in [-0.05, 0) is 87.5 Å². The van der Waals surface area contributed by atoms with E-state index >= 15 is 0 Å². The van der Waals surface area contributed by atoms with Crippen molar-refractivity contribution in [3.8, 4) is 0 Å². The van der Waals surface area contributed by atoms with Crippen molar-refractivity contribution in [2.24, 2.45) is 35.0 Å². The van der Waals surface area contributed by atoms with Crippen LogP contribution in [0.15, 0.2) is 11.6 Å². The van der Waals surface area contributed by atoms with Gasteiger partial charge in [0.2, 0.25) is 0 Å². The van der Waals surface area contributed by atoms with Crippen molar-refractivity contribution in [3.05, 3.63) is 11.6 Å². The molecular weight excluding hydrogens is 408 g/mol. The summed E-state index contributed by atoms with van der Waals surface area (Å²) in [7, 11) is 0. The topological polar surface area (TPSA) is 86.7 Å². The summed E-state index contributed by atoms with van der Waals surface area (Å²) in [5.41, 5.74) is 1.32. The van der Waals surface area contributed by atoms with Crippen LogP contribution in [0, 0.1) is 35.0 Å². The Morgan fingerprint density at radius 1 is 1.09 bits per heavy atom. The molecule has 176 valence electrons. The molecule has 0 N–H and O–H groups in total. The molecule has 3 fully saturated rings. The lowest BCUT2D eigenvalue weighted by atomic mass is 9.52. The molecule has 0 aliphatic heterocycles. The highest BCUT2D eigenvalue weighted by molar-refractivity contribution is 5.94. The molecule has 4 aliphatic carbocycles. The molecule has 0 amide bonds. The third kappa shape index (κ3) is 4.29. The van der Waals surface area contributed by atoms with Gasteiger partial charge in [0.25, 0.3) is 0 Å². The molecule has 4 rings (SSSR count). The molecule has 0 bridgehead atoms. The van der Waals surface area contributed by atoms with Crippen LogP contribution >= 0.6 is 0 Å². The summed E-state index contributed by atoms with van der Waals surface area (Å²) in [5, 5.41) is 0. The van der Waals surface area contributed by atoms with Crippen LogP contribution in [-0.4, -0.2) is 36.2 Å². The fourth-order valence-electron chi connectivity index (χ4n) is 7.49. The third-order valence-corrected chi connectivity index (χ3v) is 8.90. The maximum Gasteiger partial charge on any atom is 0.344 e. The number of carbonyl (C=O) groups excluding carboxylic acids is 4. The minimum atomic E-state index is -0.686. The first-order chi connectivity index (χ1) is 15.2. The summed E-state index contributed by atoms with van der Waals surface area (Å²) < 4.78 is 10.9. The van der Waals surface area contributed by atoms with Crippen LogP contribution in [0.25, 0.3) is 0 Å². The number of allylic oxidation sites excluding steroid dienone is 1. The van der Waals surface area contributed by atoms with Crippen LogP contribution in [0.2, 0.25) is 0 Å². The van der Waals surface area contributed by atoms with Crippen molar-refractivity contribution in [3.63, 3.8) is 0 Å². The highest BCUT2D eigenvalue weighted by Crippen LogP contribution is 2.64. The van der Waals surface area contributed by atoms with Gasteiger partial charge in [-0.15, -0.1) is 0 Å². The molecule has 0 aromatic heterocycles. The van der Waals surface area contributed by atoms with E-state index in [2.05, 4.69) is 13.8 Å². The van der Waals surface area contributed by atoms with E-state index in [0.29, 0.717) is 41.8 Å². The van der Waals surface area contributed by atoms with Gasteiger partial charge >= 0.3 is 11.9 Å². The Bertz CT molecular complexity index is 828. The van der Waals surface area contributed by atoms with Crippen LogP contribution in [0.3, 0.4) is 0 Å². The Morgan fingerprint density at radius 2 is 1.88 bits per heavy atom. The SMILES string of the molecule is CC[C@H]1C[C@H]2[C@@H]3CCC4=CC(=O)CC[C@@H]4[C@H]3CC[C@]2(C)[C@H]1OC(=O)COC(=O)CC(C)=O. The van der Waals surface area contributed by atoms with Crippen LogP contribution in [0.4, 0.5) is 0 Å². The number of ether oxygens (including phenoxy) is 2. The molecule has 0 heterocycles. The van der Waals surface area contributed by atoms with Crippen molar-refractivity contribution in [2.75, 3.05) is 6.61 Å². The maximum atomic E-state index is 12.5. The number of hydrogen-bond acceptors (Lipinski definition) is 6. The quantitative estimate of drug-likeness (QED) is 0.451. The van der Waals surface area contributed by atoms with E-state index < -0.39 is 18.5 Å². The van der Waals surface area contributed by atoms with E-state index in [0.717, 1.165) is 44.9 Å². The number of Topliss-reactive ketones (excluding diaryl/α,β-unsaturated/α-hetero) is 1. The van der Waals surface area contributed by atoms with E-state index in [1.54, 1.807) is 0 Å². The van der Waals surface area contributed by atoms with E-state index in [-0.39, 0.29) is 23.7 Å². The summed E-state index contributed by atoms with van der Waals surface area (Å²) in [5.74, 6) is 1.44. The maximum absolute atomic E-state index is 12.5. The molecule has 0 aromatic carbocycles. The molecule has 6 heteroatoms. The average molecular weight is 445 g/mol. The van der Waals surface area contributed by atoms with E-state index in [1.807, 2.05) is 6.08 Å². The lowest BCUT2D eigenvalue weighted by Crippen LogP contribution is -2.49. The van der Waals surface area contributed by atoms with Crippen LogP contribution in [0.1, 0.15) is 78.6 Å². The van der Waals surface area contributed by atoms with Gasteiger partial charge in [0, 0.05) is 11.8 Å². The van der Waals surface area contributed by atoms with E-state index in [9.17, 15) is 19.2 Å². The molecule has 0 aromatic rings. The smallest absolute Gasteiger partial charge is 0.344 e. The van der Waals surface area contributed by atoms with Crippen LogP contribution < -0.4 is 0 Å². The molecule has 7 atom stereocenters. The lowest BCUT2D eigenvalue weighted by molar-refractivity contribution is -0.171. The van der Waals surface area contributed by atoms with Crippen molar-refractivity contribution in [2.45, 2.75) is 84.7 Å². The average Bonchev–Trinajstić information content (AvgIpc) is 3.03. The molecule has 0 radical (unpaired) electrons. The fraction of sp³-hybridized carbons (Fsp3) is 0.769. The summed E-state index contributed by atoms with van der Waals surface area (Å²) in [4.78, 5) is 47.1. The van der Waals surface area contributed by atoms with Crippen molar-refractivity contribution >= 4 is 23.5 Å². The van der Waals surface area contributed by atoms with Gasteiger partial charge in [-0.1, -0.05) is 19.4 Å². The molecule has 0 spiro atoms. The second-order valence-corrected chi connectivity index (χ2v) is 10.7. The summed E-state index contributed by atoms with van der Waals surface area (Å²) in [6.45, 7) is 5.33. The number of hydrogen-bond donors (Lipinski definition) is 0. The minimum absolute atomic E-state index is 0.0629. The van der Waals surface area contributed by atoms with Gasteiger partial charge in [-0.2, -0.15) is 0 Å². The van der Waals surface area contributed by atoms with Gasteiger partial charge in [0.05, 0.1) is 0 Å². The second kappa shape index (κ2) is 9.11. The Morgan fingerprint density at radius 3 is 2.59 bits per heavy atom. The third-order valence-electron chi connectivity index (χ3n) is 8.90. The highest BCUT2D eigenvalue weighted by Gasteiger charge is 2.60. The summed E-state index contributed by atoms with van der Waals surface area (Å²) >= 11 is 0. The predicted molar refractivity (Wildman–Crippen MR) is 117 cm³/mol. The first kappa shape index (κ1) is 23.2. The first-order valence-corrected chi connectivity index (χ1v) is 12.3. The number of ketones is 2. The summed E-state index contributed by atoms with van der Waals surface area (Å²) in [6.07, 6.45) is 9.44. The Kier molecular flexibility index (Phi) is 6.60. The minimum Gasteiger partial charge on any atom is -0.459 e. The lowest BCUT2D eigenvalue weighted by Gasteiger charge is -2.53. The number of carbonyl (C=O) groups is 4. The fourth-order valence-corrected chi connectivity index (χ4v) is 7.49. The van der Waals surface area contributed by atoms with E-state index in [4.69, 9.17) is 9.47 Å². The normalized spacial score (nSPS) is 38.1. The predicted octanol–water partition coefficient (Wildman–Crippen LogP) is 4.20. The van der Waals surface area contributed by atoms with Gasteiger partial charge in [0.15, 0.2) is 12.4 Å². The van der Waals surface area contributed by atoms with Gasteiger partial charge in [-0.3, -0.25) is 14.4 Å². The molecule has 4 aliphatic rings. The van der Waals surface area contributed by atoms with Crippen LogP contribution in [0.5, 0.6) is 0 Å². The molecular formula is C26H36O6. The Labute approximate surface area is 190 Å². The number of esters is 2. The highest BCUT2D eigenvalue weighted by atomic mass is 16.6. The molecule has 6 nitrogen and oxygen atoms in total. The number of fused-ring (bicyclic) bond motifs is 5. The van der Waals surface area contributed by atoms with Gasteiger partial charge < -0.3 is 9.47 Å². The second-order valence-electron chi connectivity index (χ2n) is 10.7. The Balaban J connectivity index is 1.45. The zero-order valence-electron chi connectivity index (χ0n) is 19.6. The monoisotopic (exact) mass is 444 g/mol. The zero-order valence-corrected chi connectivity index (χ0v) is 19.6. The van der Waals surface area contributed by atoms with Gasteiger partial charge in [-0.25, -0.2) is 4.79 Å². The first-order valence-electron chi connectivity index (χ1n) is 12.3. The molecule has 3 saturated carbocycles. The zero-order chi connectivity index (χ0) is 23.0. The van der Waals surface area contributed by atoms with Crippen molar-refractivity contribution in [1.29, 1.82) is 0 Å². The number of rotatable bonds is 6. The van der Waals surface area contributed by atoms with Crippen LogP contribution in [-0.2, 0) is 28.7 Å². The van der Waals surface area contributed by atoms with Crippen molar-refractivity contribution in [1.82, 2.24) is 0 Å². The molecule has 0 saturated heterocycles. The van der Waals surface area contributed by atoms with Gasteiger partial charge in [0.1, 0.15) is 18.3 Å². The van der Waals surface area contributed by atoms with Crippen molar-refractivity contribution < 1.29 is 28.7 Å². The molecule has 32 heavy (non-hydrogen) atoms. The Hall–Kier alpha value is -1.98. The van der Waals surface area contributed by atoms with E-state index in [1.165, 1.54) is 12.5 Å².